The first-order chi connectivity index (χ1) is 16.0. The van der Waals surface area contributed by atoms with Gasteiger partial charge in [0.1, 0.15) is 0 Å². The molecule has 2 aliphatic heterocycles. The Labute approximate surface area is 205 Å². The molecule has 2 saturated heterocycles. The molecule has 7 nitrogen and oxygen atoms in total. The molecule has 1 aromatic carbocycles. The molecule has 0 unspecified atom stereocenters. The highest BCUT2D eigenvalue weighted by atomic mass is 35.5. The summed E-state index contributed by atoms with van der Waals surface area (Å²) in [6.45, 7) is 7.67. The van der Waals surface area contributed by atoms with Crippen molar-refractivity contribution in [3.63, 3.8) is 0 Å². The molecule has 2 aromatic rings. The third-order valence-electron chi connectivity index (χ3n) is 7.12. The summed E-state index contributed by atoms with van der Waals surface area (Å²) in [5.41, 5.74) is 1.59. The topological polar surface area (TPSA) is 55.8 Å². The summed E-state index contributed by atoms with van der Waals surface area (Å²) >= 11 is 12.2. The van der Waals surface area contributed by atoms with E-state index in [0.717, 1.165) is 75.5 Å². The van der Waals surface area contributed by atoms with Gasteiger partial charge in [-0.3, -0.25) is 14.6 Å². The zero-order valence-corrected chi connectivity index (χ0v) is 20.3. The number of rotatable bonds is 5. The lowest BCUT2D eigenvalue weighted by atomic mass is 9.91. The highest BCUT2D eigenvalue weighted by molar-refractivity contribution is 6.35. The van der Waals surface area contributed by atoms with Crippen LogP contribution in [0.25, 0.3) is 11.3 Å². The van der Waals surface area contributed by atoms with Crippen molar-refractivity contribution in [2.75, 3.05) is 63.8 Å². The van der Waals surface area contributed by atoms with Crippen molar-refractivity contribution in [2.24, 2.45) is 0 Å². The quantitative estimate of drug-likeness (QED) is 0.643. The van der Waals surface area contributed by atoms with Gasteiger partial charge >= 0.3 is 0 Å². The van der Waals surface area contributed by atoms with Crippen LogP contribution >= 0.6 is 23.2 Å². The van der Waals surface area contributed by atoms with Gasteiger partial charge in [0.15, 0.2) is 5.82 Å². The summed E-state index contributed by atoms with van der Waals surface area (Å²) in [6, 6.07) is 10.1. The molecule has 0 N–H and O–H groups in total. The molecule has 1 aromatic heterocycles. The molecular weight excluding hydrogens is 459 g/mol. The number of amides is 1. The predicted molar refractivity (Wildman–Crippen MR) is 132 cm³/mol. The molecule has 0 atom stereocenters. The minimum absolute atomic E-state index is 0.265. The standard InChI is InChI=1S/C24H30Cl2N6O/c25-19-14-18(15-20(26)16-19)22-4-5-23(28-27-22)31-8-6-29(7-9-31)17-24(33)32-12-10-30(11-13-32)21-2-1-3-21/h4-5,14-16,21H,1-3,6-13,17H2. The summed E-state index contributed by atoms with van der Waals surface area (Å²) in [5, 5.41) is 9.95. The molecule has 9 heteroatoms. The summed E-state index contributed by atoms with van der Waals surface area (Å²) in [7, 11) is 0. The predicted octanol–water partition coefficient (Wildman–Crippen LogP) is 3.27. The highest BCUT2D eigenvalue weighted by Crippen LogP contribution is 2.27. The van der Waals surface area contributed by atoms with Gasteiger partial charge in [0.2, 0.25) is 5.91 Å². The fourth-order valence-corrected chi connectivity index (χ4v) is 5.39. The SMILES string of the molecule is O=C(CN1CCN(c2ccc(-c3cc(Cl)cc(Cl)c3)nn2)CC1)N1CCN(C2CCC2)CC1. The van der Waals surface area contributed by atoms with Crippen LogP contribution in [0.3, 0.4) is 0 Å². The average Bonchev–Trinajstić information content (AvgIpc) is 2.78. The molecule has 3 heterocycles. The summed E-state index contributed by atoms with van der Waals surface area (Å²) in [5.74, 6) is 1.12. The van der Waals surface area contributed by atoms with Crippen molar-refractivity contribution in [1.82, 2.24) is 24.9 Å². The van der Waals surface area contributed by atoms with Gasteiger partial charge < -0.3 is 9.80 Å². The second-order valence-corrected chi connectivity index (χ2v) is 10.1. The van der Waals surface area contributed by atoms with E-state index in [1.54, 1.807) is 6.07 Å². The number of carbonyl (C=O) groups is 1. The molecule has 5 rings (SSSR count). The molecule has 3 fully saturated rings. The van der Waals surface area contributed by atoms with Gasteiger partial charge in [-0.2, -0.15) is 0 Å². The van der Waals surface area contributed by atoms with Crippen LogP contribution in [0, 0.1) is 0 Å². The Morgan fingerprint density at radius 1 is 0.879 bits per heavy atom. The third-order valence-corrected chi connectivity index (χ3v) is 7.56. The van der Waals surface area contributed by atoms with Gasteiger partial charge in [-0.05, 0) is 43.2 Å². The van der Waals surface area contributed by atoms with Crippen molar-refractivity contribution < 1.29 is 4.79 Å². The van der Waals surface area contributed by atoms with Gasteiger partial charge in [-0.15, -0.1) is 10.2 Å². The van der Waals surface area contributed by atoms with Crippen molar-refractivity contribution in [3.8, 4) is 11.3 Å². The first-order valence-electron chi connectivity index (χ1n) is 11.8. The molecule has 1 amide bonds. The monoisotopic (exact) mass is 488 g/mol. The number of aromatic nitrogens is 2. The largest absolute Gasteiger partial charge is 0.353 e. The maximum absolute atomic E-state index is 12.8. The lowest BCUT2D eigenvalue weighted by Crippen LogP contribution is -2.56. The molecule has 1 aliphatic carbocycles. The molecule has 0 spiro atoms. The number of piperazine rings is 2. The lowest BCUT2D eigenvalue weighted by Gasteiger charge is -2.43. The van der Waals surface area contributed by atoms with Gasteiger partial charge in [0.25, 0.3) is 0 Å². The van der Waals surface area contributed by atoms with Crippen molar-refractivity contribution in [2.45, 2.75) is 25.3 Å². The minimum Gasteiger partial charge on any atom is -0.353 e. The normalized spacial score (nSPS) is 20.7. The summed E-state index contributed by atoms with van der Waals surface area (Å²) in [6.07, 6.45) is 4.03. The Balaban J connectivity index is 1.09. The fraction of sp³-hybridized carbons (Fsp3) is 0.542. The van der Waals surface area contributed by atoms with E-state index in [4.69, 9.17) is 23.2 Å². The maximum atomic E-state index is 12.8. The Kier molecular flexibility index (Phi) is 7.02. The van der Waals surface area contributed by atoms with Crippen LogP contribution in [-0.2, 0) is 4.79 Å². The Hall–Kier alpha value is -1.93. The van der Waals surface area contributed by atoms with E-state index >= 15 is 0 Å². The van der Waals surface area contributed by atoms with Crippen LogP contribution in [0.5, 0.6) is 0 Å². The second kappa shape index (κ2) is 10.1. The average molecular weight is 489 g/mol. The van der Waals surface area contributed by atoms with Crippen LogP contribution in [0.2, 0.25) is 10.0 Å². The number of carbonyl (C=O) groups excluding carboxylic acids is 1. The van der Waals surface area contributed by atoms with Crippen LogP contribution in [0.1, 0.15) is 19.3 Å². The van der Waals surface area contributed by atoms with Crippen LogP contribution in [-0.4, -0.2) is 95.7 Å². The van der Waals surface area contributed by atoms with Gasteiger partial charge in [-0.1, -0.05) is 29.6 Å². The highest BCUT2D eigenvalue weighted by Gasteiger charge is 2.30. The van der Waals surface area contributed by atoms with E-state index < -0.39 is 0 Å². The van der Waals surface area contributed by atoms with Crippen molar-refractivity contribution in [1.29, 1.82) is 0 Å². The Morgan fingerprint density at radius 2 is 1.58 bits per heavy atom. The lowest BCUT2D eigenvalue weighted by molar-refractivity contribution is -0.134. The van der Waals surface area contributed by atoms with Gasteiger partial charge in [0.05, 0.1) is 12.2 Å². The zero-order valence-electron chi connectivity index (χ0n) is 18.8. The van der Waals surface area contributed by atoms with Crippen LogP contribution in [0.4, 0.5) is 5.82 Å². The molecule has 176 valence electrons. The third kappa shape index (κ3) is 5.43. The molecular formula is C24H30Cl2N6O. The van der Waals surface area contributed by atoms with Crippen molar-refractivity contribution >= 4 is 34.9 Å². The zero-order chi connectivity index (χ0) is 22.8. The number of nitrogens with zero attached hydrogens (tertiary/aromatic N) is 6. The fourth-order valence-electron chi connectivity index (χ4n) is 4.86. The van der Waals surface area contributed by atoms with Crippen molar-refractivity contribution in [3.05, 3.63) is 40.4 Å². The smallest absolute Gasteiger partial charge is 0.236 e. The second-order valence-electron chi connectivity index (χ2n) is 9.20. The van der Waals surface area contributed by atoms with Crippen LogP contribution < -0.4 is 4.90 Å². The van der Waals surface area contributed by atoms with E-state index in [1.165, 1.54) is 19.3 Å². The van der Waals surface area contributed by atoms with Crippen LogP contribution in [0.15, 0.2) is 30.3 Å². The van der Waals surface area contributed by atoms with E-state index in [2.05, 4.69) is 24.9 Å². The molecule has 0 radical (unpaired) electrons. The number of halogens is 2. The number of hydrogen-bond donors (Lipinski definition) is 0. The number of anilines is 1. The number of hydrogen-bond acceptors (Lipinski definition) is 6. The van der Waals surface area contributed by atoms with Gasteiger partial charge in [-0.25, -0.2) is 0 Å². The Morgan fingerprint density at radius 3 is 2.15 bits per heavy atom. The summed E-state index contributed by atoms with van der Waals surface area (Å²) in [4.78, 5) is 21.9. The van der Waals surface area contributed by atoms with E-state index in [9.17, 15) is 4.79 Å². The first kappa shape index (κ1) is 22.8. The molecule has 3 aliphatic rings. The summed E-state index contributed by atoms with van der Waals surface area (Å²) < 4.78 is 0. The minimum atomic E-state index is 0.265. The molecule has 0 bridgehead atoms. The maximum Gasteiger partial charge on any atom is 0.236 e. The van der Waals surface area contributed by atoms with E-state index in [1.807, 2.05) is 29.2 Å². The molecule has 33 heavy (non-hydrogen) atoms. The number of benzene rings is 1. The van der Waals surface area contributed by atoms with E-state index in [0.29, 0.717) is 16.6 Å². The van der Waals surface area contributed by atoms with E-state index in [-0.39, 0.29) is 5.91 Å². The Bertz CT molecular complexity index is 947. The molecule has 1 saturated carbocycles. The first-order valence-corrected chi connectivity index (χ1v) is 12.6. The van der Waals surface area contributed by atoms with Gasteiger partial charge in [0, 0.05) is 74.0 Å².